The van der Waals surface area contributed by atoms with Crippen LogP contribution in [-0.2, 0) is 9.53 Å². The molecular formula is C17H26N2O2. The Kier molecular flexibility index (Phi) is 5.01. The van der Waals surface area contributed by atoms with Gasteiger partial charge >= 0.3 is 0 Å². The van der Waals surface area contributed by atoms with E-state index in [1.54, 1.807) is 7.11 Å². The fourth-order valence-corrected chi connectivity index (χ4v) is 2.86. The molecule has 21 heavy (non-hydrogen) atoms. The molecule has 0 aliphatic carbocycles. The number of carbonyl (C=O) groups excluding carboxylic acids is 1. The highest BCUT2D eigenvalue weighted by Crippen LogP contribution is 2.30. The quantitative estimate of drug-likeness (QED) is 0.906. The third-order valence-electron chi connectivity index (χ3n) is 4.17. The van der Waals surface area contributed by atoms with Crippen molar-refractivity contribution in [3.8, 4) is 0 Å². The third kappa shape index (κ3) is 3.27. The van der Waals surface area contributed by atoms with E-state index in [0.717, 1.165) is 5.56 Å². The van der Waals surface area contributed by atoms with Crippen LogP contribution < -0.4 is 5.32 Å². The highest BCUT2D eigenvalue weighted by atomic mass is 16.5. The summed E-state index contributed by atoms with van der Waals surface area (Å²) in [4.78, 5) is 14.5. The van der Waals surface area contributed by atoms with Gasteiger partial charge in [-0.15, -0.1) is 0 Å². The molecule has 3 unspecified atom stereocenters. The van der Waals surface area contributed by atoms with E-state index < -0.39 is 0 Å². The molecule has 4 nitrogen and oxygen atoms in total. The molecule has 3 atom stereocenters. The molecular weight excluding hydrogens is 264 g/mol. The fraction of sp³-hybridized carbons (Fsp3) is 0.588. The molecule has 1 heterocycles. The van der Waals surface area contributed by atoms with Gasteiger partial charge in [0.15, 0.2) is 0 Å². The van der Waals surface area contributed by atoms with Crippen LogP contribution in [0.4, 0.5) is 0 Å². The van der Waals surface area contributed by atoms with Crippen LogP contribution in [0, 0.1) is 12.8 Å². The van der Waals surface area contributed by atoms with Crippen LogP contribution in [0.5, 0.6) is 0 Å². The van der Waals surface area contributed by atoms with Gasteiger partial charge in [-0.25, -0.2) is 0 Å². The smallest absolute Gasteiger partial charge is 0.241 e. The molecule has 1 aliphatic heterocycles. The summed E-state index contributed by atoms with van der Waals surface area (Å²) >= 11 is 0. The lowest BCUT2D eigenvalue weighted by atomic mass is 10.0. The number of ether oxygens (including phenoxy) is 1. The maximum atomic E-state index is 12.6. The second-order valence-corrected chi connectivity index (χ2v) is 6.21. The molecule has 1 saturated heterocycles. The third-order valence-corrected chi connectivity index (χ3v) is 4.17. The van der Waals surface area contributed by atoms with E-state index in [0.29, 0.717) is 12.5 Å². The fourth-order valence-electron chi connectivity index (χ4n) is 2.86. The molecule has 4 heteroatoms. The predicted octanol–water partition coefficient (Wildman–Crippen LogP) is 2.48. The van der Waals surface area contributed by atoms with Crippen LogP contribution in [0.3, 0.4) is 0 Å². The molecule has 2 rings (SSSR count). The van der Waals surface area contributed by atoms with E-state index in [2.05, 4.69) is 50.4 Å². The summed E-state index contributed by atoms with van der Waals surface area (Å²) in [6.45, 7) is 8.81. The molecule has 1 amide bonds. The molecule has 116 valence electrons. The first kappa shape index (κ1) is 16.0. The highest BCUT2D eigenvalue weighted by molar-refractivity contribution is 5.84. The lowest BCUT2D eigenvalue weighted by Gasteiger charge is -2.35. The second-order valence-electron chi connectivity index (χ2n) is 6.21. The Hall–Kier alpha value is -1.39. The lowest BCUT2D eigenvalue weighted by molar-refractivity contribution is -0.134. The minimum atomic E-state index is -0.158. The number of nitrogens with zero attached hydrogens (tertiary/aromatic N) is 1. The number of hydrogen-bond acceptors (Lipinski definition) is 3. The van der Waals surface area contributed by atoms with Crippen molar-refractivity contribution >= 4 is 5.91 Å². The number of benzene rings is 1. The summed E-state index contributed by atoms with van der Waals surface area (Å²) in [5.41, 5.74) is 2.35. The highest BCUT2D eigenvalue weighted by Gasteiger charge is 2.41. The molecule has 0 bridgehead atoms. The monoisotopic (exact) mass is 290 g/mol. The Bertz CT molecular complexity index is 484. The van der Waals surface area contributed by atoms with Crippen molar-refractivity contribution < 1.29 is 9.53 Å². The summed E-state index contributed by atoms with van der Waals surface area (Å²) in [6, 6.07) is 8.28. The van der Waals surface area contributed by atoms with Gasteiger partial charge in [0.05, 0.1) is 18.7 Å². The van der Waals surface area contributed by atoms with Crippen molar-refractivity contribution in [3.05, 3.63) is 35.4 Å². The van der Waals surface area contributed by atoms with Crippen molar-refractivity contribution in [1.29, 1.82) is 0 Å². The van der Waals surface area contributed by atoms with Gasteiger partial charge in [0.1, 0.15) is 6.17 Å². The largest absolute Gasteiger partial charge is 0.383 e. The Labute approximate surface area is 127 Å². The number of methoxy groups -OCH3 is 1. The van der Waals surface area contributed by atoms with Gasteiger partial charge in [-0.1, -0.05) is 43.7 Å². The number of hydrogen-bond donors (Lipinski definition) is 1. The van der Waals surface area contributed by atoms with Crippen molar-refractivity contribution in [2.75, 3.05) is 13.7 Å². The van der Waals surface area contributed by atoms with E-state index in [1.165, 1.54) is 5.56 Å². The average molecular weight is 290 g/mol. The molecule has 0 saturated carbocycles. The second kappa shape index (κ2) is 6.58. The first-order chi connectivity index (χ1) is 9.95. The zero-order chi connectivity index (χ0) is 15.6. The maximum absolute atomic E-state index is 12.6. The summed E-state index contributed by atoms with van der Waals surface area (Å²) in [5, 5.41) is 3.40. The Balaban J connectivity index is 2.33. The van der Waals surface area contributed by atoms with Gasteiger partial charge in [0.2, 0.25) is 5.91 Å². The average Bonchev–Trinajstić information content (AvgIpc) is 2.73. The summed E-state index contributed by atoms with van der Waals surface area (Å²) < 4.78 is 5.34. The van der Waals surface area contributed by atoms with E-state index in [1.807, 2.05) is 11.8 Å². The Morgan fingerprint density at radius 3 is 2.43 bits per heavy atom. The Morgan fingerprint density at radius 1 is 1.29 bits per heavy atom. The van der Waals surface area contributed by atoms with Crippen molar-refractivity contribution in [3.63, 3.8) is 0 Å². The molecule has 0 spiro atoms. The topological polar surface area (TPSA) is 41.6 Å². The SMILES string of the molecule is COCC(C(C)C)N1C(=O)C(C)NC1c1ccc(C)cc1. The van der Waals surface area contributed by atoms with E-state index in [9.17, 15) is 4.79 Å². The van der Waals surface area contributed by atoms with Gasteiger partial charge in [0.25, 0.3) is 0 Å². The summed E-state index contributed by atoms with van der Waals surface area (Å²) in [6.07, 6.45) is -0.0735. The molecule has 1 aromatic rings. The lowest BCUT2D eigenvalue weighted by Crippen LogP contribution is -2.45. The molecule has 1 N–H and O–H groups in total. The number of nitrogens with one attached hydrogen (secondary N) is 1. The van der Waals surface area contributed by atoms with E-state index >= 15 is 0 Å². The maximum Gasteiger partial charge on any atom is 0.241 e. The normalized spacial score (nSPS) is 23.9. The van der Waals surface area contributed by atoms with Gasteiger partial charge in [-0.3, -0.25) is 10.1 Å². The number of amides is 1. The minimum Gasteiger partial charge on any atom is -0.383 e. The molecule has 1 fully saturated rings. The van der Waals surface area contributed by atoms with Crippen molar-refractivity contribution in [2.45, 2.75) is 45.9 Å². The van der Waals surface area contributed by atoms with Crippen molar-refractivity contribution in [2.24, 2.45) is 5.92 Å². The van der Waals surface area contributed by atoms with Crippen LogP contribution in [0.25, 0.3) is 0 Å². The minimum absolute atomic E-state index is 0.0735. The van der Waals surface area contributed by atoms with E-state index in [-0.39, 0.29) is 24.2 Å². The number of aryl methyl sites for hydroxylation is 1. The van der Waals surface area contributed by atoms with Crippen molar-refractivity contribution in [1.82, 2.24) is 10.2 Å². The van der Waals surface area contributed by atoms with Gasteiger partial charge in [-0.05, 0) is 25.3 Å². The molecule has 1 aromatic carbocycles. The molecule has 0 radical (unpaired) electrons. The van der Waals surface area contributed by atoms with Crippen LogP contribution in [-0.4, -0.2) is 36.6 Å². The van der Waals surface area contributed by atoms with Gasteiger partial charge < -0.3 is 9.64 Å². The first-order valence-corrected chi connectivity index (χ1v) is 7.59. The van der Waals surface area contributed by atoms with Gasteiger partial charge in [0, 0.05) is 7.11 Å². The first-order valence-electron chi connectivity index (χ1n) is 7.59. The van der Waals surface area contributed by atoms with Gasteiger partial charge in [-0.2, -0.15) is 0 Å². The van der Waals surface area contributed by atoms with Crippen LogP contribution in [0.15, 0.2) is 24.3 Å². The number of rotatable bonds is 5. The molecule has 0 aromatic heterocycles. The standard InChI is InChI=1S/C17H26N2O2/c1-11(2)15(10-21-5)19-16(18-13(4)17(19)20)14-8-6-12(3)7-9-14/h6-9,11,13,15-16,18H,10H2,1-5H3. The summed E-state index contributed by atoms with van der Waals surface area (Å²) in [5.74, 6) is 0.491. The zero-order valence-corrected chi connectivity index (χ0v) is 13.6. The van der Waals surface area contributed by atoms with Crippen LogP contribution >= 0.6 is 0 Å². The number of carbonyl (C=O) groups is 1. The van der Waals surface area contributed by atoms with Crippen LogP contribution in [0.2, 0.25) is 0 Å². The predicted molar refractivity (Wildman–Crippen MR) is 83.9 cm³/mol. The summed E-state index contributed by atoms with van der Waals surface area (Å²) in [7, 11) is 1.69. The molecule has 1 aliphatic rings. The zero-order valence-electron chi connectivity index (χ0n) is 13.6. The van der Waals surface area contributed by atoms with E-state index in [4.69, 9.17) is 4.74 Å². The Morgan fingerprint density at radius 2 is 1.90 bits per heavy atom. The van der Waals surface area contributed by atoms with Crippen LogP contribution in [0.1, 0.15) is 38.1 Å².